The van der Waals surface area contributed by atoms with Crippen LogP contribution in [0.2, 0.25) is 0 Å². The van der Waals surface area contributed by atoms with Crippen LogP contribution in [0.4, 0.5) is 5.13 Å². The molecular weight excluding hydrogens is 306 g/mol. The summed E-state index contributed by atoms with van der Waals surface area (Å²) in [6.45, 7) is 2.78. The Kier molecular flexibility index (Phi) is 5.33. The average Bonchev–Trinajstić information content (AvgIpc) is 2.84. The van der Waals surface area contributed by atoms with E-state index >= 15 is 0 Å². The van der Waals surface area contributed by atoms with Crippen LogP contribution in [0.1, 0.15) is 17.7 Å². The lowest BCUT2D eigenvalue weighted by Crippen LogP contribution is -2.13. The molecule has 0 spiro atoms. The third kappa shape index (κ3) is 4.52. The number of benzene rings is 1. The van der Waals surface area contributed by atoms with Gasteiger partial charge in [0.25, 0.3) is 10.0 Å². The molecule has 0 aliphatic heterocycles. The first-order chi connectivity index (χ1) is 10.0. The minimum absolute atomic E-state index is 0.257. The van der Waals surface area contributed by atoms with Crippen LogP contribution in [0.5, 0.6) is 0 Å². The molecule has 2 rings (SSSR count). The molecule has 0 aliphatic carbocycles. The SMILES string of the molecule is CNCCCc1ccc(S(=O)(=O)Nc2nc(C)cs2)cc1. The summed E-state index contributed by atoms with van der Waals surface area (Å²) in [5.41, 5.74) is 1.94. The van der Waals surface area contributed by atoms with Crippen molar-refractivity contribution in [2.75, 3.05) is 18.3 Å². The smallest absolute Gasteiger partial charge is 0.263 e. The first-order valence-corrected chi connectivity index (χ1v) is 9.06. The highest BCUT2D eigenvalue weighted by Gasteiger charge is 2.15. The Morgan fingerprint density at radius 1 is 1.24 bits per heavy atom. The van der Waals surface area contributed by atoms with Gasteiger partial charge in [-0.1, -0.05) is 12.1 Å². The van der Waals surface area contributed by atoms with Crippen LogP contribution < -0.4 is 10.0 Å². The summed E-state index contributed by atoms with van der Waals surface area (Å²) in [5.74, 6) is 0. The van der Waals surface area contributed by atoms with E-state index in [0.717, 1.165) is 30.6 Å². The summed E-state index contributed by atoms with van der Waals surface area (Å²) in [6.07, 6.45) is 1.96. The Morgan fingerprint density at radius 3 is 2.52 bits per heavy atom. The van der Waals surface area contributed by atoms with Crippen LogP contribution in [0, 0.1) is 6.92 Å². The quantitative estimate of drug-likeness (QED) is 0.767. The molecular formula is C14H19N3O2S2. The number of nitrogens with zero attached hydrogens (tertiary/aromatic N) is 1. The Hall–Kier alpha value is -1.44. The number of hydrogen-bond donors (Lipinski definition) is 2. The fourth-order valence-electron chi connectivity index (χ4n) is 1.88. The van der Waals surface area contributed by atoms with Crippen LogP contribution in [-0.4, -0.2) is 27.0 Å². The number of thiazole rings is 1. The van der Waals surface area contributed by atoms with Gasteiger partial charge in [0.05, 0.1) is 10.6 Å². The minimum Gasteiger partial charge on any atom is -0.320 e. The molecule has 5 nitrogen and oxygen atoms in total. The third-order valence-electron chi connectivity index (χ3n) is 2.97. The van der Waals surface area contributed by atoms with Crippen molar-refractivity contribution in [1.82, 2.24) is 10.3 Å². The second-order valence-corrected chi connectivity index (χ2v) is 7.29. The summed E-state index contributed by atoms with van der Waals surface area (Å²) in [4.78, 5) is 4.37. The summed E-state index contributed by atoms with van der Waals surface area (Å²) < 4.78 is 27.0. The second-order valence-electron chi connectivity index (χ2n) is 4.75. The molecule has 21 heavy (non-hydrogen) atoms. The van der Waals surface area contributed by atoms with Gasteiger partial charge in [-0.15, -0.1) is 11.3 Å². The van der Waals surface area contributed by atoms with Gasteiger partial charge in [0.2, 0.25) is 0 Å². The number of anilines is 1. The van der Waals surface area contributed by atoms with Gasteiger partial charge in [0.1, 0.15) is 0 Å². The van der Waals surface area contributed by atoms with Crippen molar-refractivity contribution in [2.24, 2.45) is 0 Å². The zero-order valence-corrected chi connectivity index (χ0v) is 13.7. The molecule has 7 heteroatoms. The fourth-order valence-corrected chi connectivity index (χ4v) is 3.82. The molecule has 0 fully saturated rings. The summed E-state index contributed by atoms with van der Waals surface area (Å²) in [7, 11) is -1.64. The lowest BCUT2D eigenvalue weighted by molar-refractivity contribution is 0.601. The normalized spacial score (nSPS) is 11.5. The highest BCUT2D eigenvalue weighted by Crippen LogP contribution is 2.20. The highest BCUT2D eigenvalue weighted by atomic mass is 32.2. The molecule has 0 amide bonds. The van der Waals surface area contributed by atoms with Crippen molar-refractivity contribution in [3.8, 4) is 0 Å². The van der Waals surface area contributed by atoms with E-state index in [1.165, 1.54) is 11.3 Å². The molecule has 0 radical (unpaired) electrons. The molecule has 1 heterocycles. The maximum Gasteiger partial charge on any atom is 0.263 e. The third-order valence-corrected chi connectivity index (χ3v) is 5.33. The summed E-state index contributed by atoms with van der Waals surface area (Å²) in [6, 6.07) is 6.99. The Bertz CT molecular complexity index is 678. The average molecular weight is 325 g/mol. The zero-order chi connectivity index (χ0) is 15.3. The zero-order valence-electron chi connectivity index (χ0n) is 12.1. The number of aromatic nitrogens is 1. The van der Waals surface area contributed by atoms with Gasteiger partial charge < -0.3 is 5.32 Å². The van der Waals surface area contributed by atoms with E-state index in [1.807, 2.05) is 31.5 Å². The van der Waals surface area contributed by atoms with Crippen molar-refractivity contribution in [3.63, 3.8) is 0 Å². The van der Waals surface area contributed by atoms with Crippen molar-refractivity contribution in [3.05, 3.63) is 40.9 Å². The Balaban J connectivity index is 2.06. The van der Waals surface area contributed by atoms with Crippen molar-refractivity contribution in [1.29, 1.82) is 0 Å². The van der Waals surface area contributed by atoms with Gasteiger partial charge in [-0.2, -0.15) is 0 Å². The molecule has 0 bridgehead atoms. The Labute approximate surface area is 129 Å². The van der Waals surface area contributed by atoms with Crippen LogP contribution >= 0.6 is 11.3 Å². The van der Waals surface area contributed by atoms with Crippen LogP contribution in [-0.2, 0) is 16.4 Å². The lowest BCUT2D eigenvalue weighted by Gasteiger charge is -2.06. The minimum atomic E-state index is -3.56. The topological polar surface area (TPSA) is 71.1 Å². The van der Waals surface area contributed by atoms with Crippen LogP contribution in [0.15, 0.2) is 34.5 Å². The maximum absolute atomic E-state index is 12.2. The molecule has 0 aliphatic rings. The van der Waals surface area contributed by atoms with Gasteiger partial charge in [-0.25, -0.2) is 13.4 Å². The van der Waals surface area contributed by atoms with E-state index < -0.39 is 10.0 Å². The molecule has 114 valence electrons. The molecule has 1 aromatic heterocycles. The fraction of sp³-hybridized carbons (Fsp3) is 0.357. The monoisotopic (exact) mass is 325 g/mol. The number of sulfonamides is 1. The first-order valence-electron chi connectivity index (χ1n) is 6.70. The maximum atomic E-state index is 12.2. The molecule has 0 saturated carbocycles. The van der Waals surface area contributed by atoms with Crippen molar-refractivity contribution < 1.29 is 8.42 Å². The largest absolute Gasteiger partial charge is 0.320 e. The molecule has 0 saturated heterocycles. The van der Waals surface area contributed by atoms with E-state index in [4.69, 9.17) is 0 Å². The molecule has 0 unspecified atom stereocenters. The van der Waals surface area contributed by atoms with E-state index in [-0.39, 0.29) is 4.90 Å². The van der Waals surface area contributed by atoms with E-state index in [0.29, 0.717) is 5.13 Å². The first kappa shape index (κ1) is 15.9. The molecule has 2 N–H and O–H groups in total. The van der Waals surface area contributed by atoms with E-state index in [9.17, 15) is 8.42 Å². The predicted molar refractivity (Wildman–Crippen MR) is 86.3 cm³/mol. The highest BCUT2D eigenvalue weighted by molar-refractivity contribution is 7.93. The predicted octanol–water partition coefficient (Wildman–Crippen LogP) is 2.40. The number of aryl methyl sites for hydroxylation is 2. The van der Waals surface area contributed by atoms with Gasteiger partial charge >= 0.3 is 0 Å². The van der Waals surface area contributed by atoms with Crippen LogP contribution in [0.3, 0.4) is 0 Å². The summed E-state index contributed by atoms with van der Waals surface area (Å²) >= 11 is 1.28. The number of hydrogen-bond acceptors (Lipinski definition) is 5. The van der Waals surface area contributed by atoms with Crippen molar-refractivity contribution >= 4 is 26.5 Å². The lowest BCUT2D eigenvalue weighted by atomic mass is 10.1. The standard InChI is InChI=1S/C14H19N3O2S2/c1-11-10-20-14(16-11)17-21(18,19)13-7-5-12(6-8-13)4-3-9-15-2/h5-8,10,15H,3-4,9H2,1-2H3,(H,16,17). The van der Waals surface area contributed by atoms with E-state index in [1.54, 1.807) is 12.1 Å². The van der Waals surface area contributed by atoms with Gasteiger partial charge in [-0.05, 0) is 51.1 Å². The van der Waals surface area contributed by atoms with Gasteiger partial charge in [0, 0.05) is 5.38 Å². The molecule has 2 aromatic rings. The number of nitrogens with one attached hydrogen (secondary N) is 2. The van der Waals surface area contributed by atoms with Crippen LogP contribution in [0.25, 0.3) is 0 Å². The molecule has 0 atom stereocenters. The number of rotatable bonds is 7. The van der Waals surface area contributed by atoms with Gasteiger partial charge in [-0.3, -0.25) is 4.72 Å². The Morgan fingerprint density at radius 2 is 1.95 bits per heavy atom. The summed E-state index contributed by atoms with van der Waals surface area (Å²) in [5, 5.41) is 5.29. The van der Waals surface area contributed by atoms with Gasteiger partial charge in [0.15, 0.2) is 5.13 Å². The van der Waals surface area contributed by atoms with E-state index in [2.05, 4.69) is 15.0 Å². The van der Waals surface area contributed by atoms with Crippen molar-refractivity contribution in [2.45, 2.75) is 24.7 Å². The second kappa shape index (κ2) is 7.02. The molecule has 1 aromatic carbocycles.